The predicted octanol–water partition coefficient (Wildman–Crippen LogP) is 3.74. The topological polar surface area (TPSA) is 124 Å². The molecule has 0 saturated carbocycles. The number of benzene rings is 1. The first-order chi connectivity index (χ1) is 17.2. The van der Waals surface area contributed by atoms with E-state index in [0.717, 1.165) is 0 Å². The first kappa shape index (κ1) is 23.5. The maximum atomic E-state index is 14.4. The molecular weight excluding hydrogens is 459 g/mol. The lowest BCUT2D eigenvalue weighted by Gasteiger charge is -2.21. The zero-order valence-electron chi connectivity index (χ0n) is 20.6. The summed E-state index contributed by atoms with van der Waals surface area (Å²) in [6.45, 7) is 8.48. The lowest BCUT2D eigenvalue weighted by molar-refractivity contribution is 0.0942. The summed E-state index contributed by atoms with van der Waals surface area (Å²) in [4.78, 5) is 31.5. The van der Waals surface area contributed by atoms with Gasteiger partial charge >= 0.3 is 0 Å². The minimum Gasteiger partial charge on any atom is -0.386 e. The number of hydrogen-bond acceptors (Lipinski definition) is 7. The van der Waals surface area contributed by atoms with Gasteiger partial charge in [-0.05, 0) is 38.0 Å². The highest BCUT2D eigenvalue weighted by Crippen LogP contribution is 2.40. The third-order valence-corrected chi connectivity index (χ3v) is 6.26. The Kier molecular flexibility index (Phi) is 5.74. The van der Waals surface area contributed by atoms with E-state index in [1.807, 2.05) is 33.8 Å². The molecule has 5 rings (SSSR count). The number of halogens is 1. The number of carbonyl (C=O) groups is 1. The average Bonchev–Trinajstić information content (AvgIpc) is 3.32. The SMILES string of the molecule is CC(C)CNC(=O)c1nc(-c2nn(Cc3ccccc3F)c3ncccc23)nc2c1C(C)(C)C(N)=N2. The van der Waals surface area contributed by atoms with Crippen LogP contribution in [0, 0.1) is 11.7 Å². The molecule has 0 spiro atoms. The number of nitrogens with one attached hydrogen (secondary N) is 1. The highest BCUT2D eigenvalue weighted by Gasteiger charge is 2.40. The Bertz CT molecular complexity index is 1520. The second kappa shape index (κ2) is 8.78. The van der Waals surface area contributed by atoms with E-state index in [1.165, 1.54) is 6.07 Å². The lowest BCUT2D eigenvalue weighted by atomic mass is 9.84. The van der Waals surface area contributed by atoms with Gasteiger partial charge in [-0.25, -0.2) is 29.0 Å². The maximum Gasteiger partial charge on any atom is 0.270 e. The fourth-order valence-electron chi connectivity index (χ4n) is 4.21. The largest absolute Gasteiger partial charge is 0.386 e. The van der Waals surface area contributed by atoms with E-state index < -0.39 is 5.41 Å². The van der Waals surface area contributed by atoms with Gasteiger partial charge in [0.1, 0.15) is 23.0 Å². The Morgan fingerprint density at radius 3 is 2.69 bits per heavy atom. The van der Waals surface area contributed by atoms with Crippen LogP contribution in [-0.4, -0.2) is 43.0 Å². The van der Waals surface area contributed by atoms with Crippen molar-refractivity contribution in [1.82, 2.24) is 30.0 Å². The van der Waals surface area contributed by atoms with Crippen LogP contribution in [0.2, 0.25) is 0 Å². The highest BCUT2D eigenvalue weighted by atomic mass is 19.1. The maximum absolute atomic E-state index is 14.4. The fourth-order valence-corrected chi connectivity index (χ4v) is 4.21. The Balaban J connectivity index is 1.67. The third kappa shape index (κ3) is 3.98. The minimum atomic E-state index is -0.702. The quantitative estimate of drug-likeness (QED) is 0.428. The van der Waals surface area contributed by atoms with E-state index in [0.29, 0.717) is 46.1 Å². The van der Waals surface area contributed by atoms with Crippen LogP contribution < -0.4 is 11.1 Å². The van der Waals surface area contributed by atoms with Crippen molar-refractivity contribution in [2.45, 2.75) is 39.7 Å². The molecule has 1 aliphatic heterocycles. The van der Waals surface area contributed by atoms with Gasteiger partial charge in [-0.1, -0.05) is 32.0 Å². The van der Waals surface area contributed by atoms with E-state index in [9.17, 15) is 9.18 Å². The summed E-state index contributed by atoms with van der Waals surface area (Å²) in [6, 6.07) is 10.2. The van der Waals surface area contributed by atoms with E-state index in [-0.39, 0.29) is 35.7 Å². The van der Waals surface area contributed by atoms with Gasteiger partial charge in [0.25, 0.3) is 5.91 Å². The number of aliphatic imine (C=N–C) groups is 1. The van der Waals surface area contributed by atoms with E-state index in [1.54, 1.807) is 35.1 Å². The second-order valence-corrected chi connectivity index (χ2v) is 9.79. The molecule has 0 bridgehead atoms. The minimum absolute atomic E-state index is 0.172. The normalized spacial score (nSPS) is 14.2. The number of hydrogen-bond donors (Lipinski definition) is 2. The Morgan fingerprint density at radius 2 is 1.94 bits per heavy atom. The molecule has 4 heterocycles. The lowest BCUT2D eigenvalue weighted by Crippen LogP contribution is -2.36. The average molecular weight is 487 g/mol. The molecule has 1 aromatic carbocycles. The molecule has 4 aromatic rings. The first-order valence-corrected chi connectivity index (χ1v) is 11.8. The highest BCUT2D eigenvalue weighted by molar-refractivity contribution is 6.04. The Labute approximate surface area is 207 Å². The number of fused-ring (bicyclic) bond motifs is 2. The van der Waals surface area contributed by atoms with Crippen LogP contribution in [0.3, 0.4) is 0 Å². The van der Waals surface area contributed by atoms with Crippen LogP contribution in [0.5, 0.6) is 0 Å². The van der Waals surface area contributed by atoms with E-state index in [4.69, 9.17) is 10.8 Å². The summed E-state index contributed by atoms with van der Waals surface area (Å²) < 4.78 is 16.0. The Morgan fingerprint density at radius 1 is 1.17 bits per heavy atom. The number of amides is 1. The van der Waals surface area contributed by atoms with Crippen molar-refractivity contribution in [3.8, 4) is 11.5 Å². The number of carbonyl (C=O) groups excluding carboxylic acids is 1. The summed E-state index contributed by atoms with van der Waals surface area (Å²) in [7, 11) is 0. The van der Waals surface area contributed by atoms with Crippen molar-refractivity contribution >= 4 is 28.6 Å². The van der Waals surface area contributed by atoms with Crippen molar-refractivity contribution in [2.24, 2.45) is 16.6 Å². The first-order valence-electron chi connectivity index (χ1n) is 11.8. The Hall–Kier alpha value is -4.21. The molecule has 184 valence electrons. The summed E-state index contributed by atoms with van der Waals surface area (Å²) in [5, 5.41) is 8.32. The van der Waals surface area contributed by atoms with Gasteiger partial charge in [-0.15, -0.1) is 0 Å². The number of amidine groups is 1. The molecule has 3 aromatic heterocycles. The van der Waals surface area contributed by atoms with Crippen LogP contribution in [0.4, 0.5) is 10.2 Å². The van der Waals surface area contributed by atoms with Crippen LogP contribution in [0.25, 0.3) is 22.6 Å². The van der Waals surface area contributed by atoms with E-state index >= 15 is 0 Å². The van der Waals surface area contributed by atoms with Crippen molar-refractivity contribution in [3.05, 3.63) is 65.2 Å². The van der Waals surface area contributed by atoms with Crippen molar-refractivity contribution in [2.75, 3.05) is 6.54 Å². The molecule has 0 atom stereocenters. The van der Waals surface area contributed by atoms with E-state index in [2.05, 4.69) is 25.3 Å². The predicted molar refractivity (Wildman–Crippen MR) is 136 cm³/mol. The molecule has 10 heteroatoms. The standard InChI is InChI=1S/C26H27FN8O/c1-14(2)12-30-24(36)20-18-21(33-25(28)26(18,3)4)32-22(31-20)19-16-9-7-11-29-23(16)35(34-19)13-15-8-5-6-10-17(15)27/h5-11,14H,12-13H2,1-4H3,(H,30,36)(H2,28,31,32,33). The molecule has 0 unspecified atom stereocenters. The van der Waals surface area contributed by atoms with Crippen molar-refractivity contribution in [3.63, 3.8) is 0 Å². The van der Waals surface area contributed by atoms with Crippen molar-refractivity contribution < 1.29 is 9.18 Å². The molecular formula is C26H27FN8O. The molecule has 1 aliphatic rings. The van der Waals surface area contributed by atoms with Crippen LogP contribution in [-0.2, 0) is 12.0 Å². The monoisotopic (exact) mass is 486 g/mol. The molecule has 36 heavy (non-hydrogen) atoms. The molecule has 0 aliphatic carbocycles. The van der Waals surface area contributed by atoms with Gasteiger partial charge in [-0.3, -0.25) is 4.79 Å². The smallest absolute Gasteiger partial charge is 0.270 e. The number of rotatable bonds is 6. The summed E-state index contributed by atoms with van der Waals surface area (Å²) >= 11 is 0. The fraction of sp³-hybridized carbons (Fsp3) is 0.308. The number of aromatic nitrogens is 5. The van der Waals surface area contributed by atoms with Gasteiger partial charge in [0, 0.05) is 23.9 Å². The summed E-state index contributed by atoms with van der Waals surface area (Å²) in [6.07, 6.45) is 1.65. The molecule has 3 N–H and O–H groups in total. The zero-order valence-corrected chi connectivity index (χ0v) is 20.6. The molecule has 0 radical (unpaired) electrons. The molecule has 0 saturated heterocycles. The second-order valence-electron chi connectivity index (χ2n) is 9.79. The van der Waals surface area contributed by atoms with Crippen LogP contribution in [0.15, 0.2) is 47.6 Å². The molecule has 9 nitrogen and oxygen atoms in total. The van der Waals surface area contributed by atoms with Crippen LogP contribution >= 0.6 is 0 Å². The van der Waals surface area contributed by atoms with Crippen LogP contribution in [0.1, 0.15) is 49.3 Å². The number of pyridine rings is 1. The third-order valence-electron chi connectivity index (χ3n) is 6.26. The summed E-state index contributed by atoms with van der Waals surface area (Å²) in [5.74, 6) is 0.541. The van der Waals surface area contributed by atoms with Gasteiger partial charge in [0.15, 0.2) is 17.3 Å². The molecule has 1 amide bonds. The van der Waals surface area contributed by atoms with Gasteiger partial charge in [0.2, 0.25) is 0 Å². The van der Waals surface area contributed by atoms with Gasteiger partial charge < -0.3 is 11.1 Å². The van der Waals surface area contributed by atoms with Gasteiger partial charge in [-0.2, -0.15) is 5.10 Å². The number of nitrogens with two attached hydrogens (primary N) is 1. The molecule has 0 fully saturated rings. The zero-order chi connectivity index (χ0) is 25.6. The number of nitrogens with zero attached hydrogens (tertiary/aromatic N) is 6. The van der Waals surface area contributed by atoms with Crippen molar-refractivity contribution in [1.29, 1.82) is 0 Å². The van der Waals surface area contributed by atoms with Gasteiger partial charge in [0.05, 0.1) is 17.3 Å². The summed E-state index contributed by atoms with van der Waals surface area (Å²) in [5.41, 5.74) is 7.76.